The molecule has 2 heteroatoms. The number of fused-ring (bicyclic) bond motifs is 9. The first-order chi connectivity index (χ1) is 29.3. The molecule has 1 aliphatic rings. The van der Waals surface area contributed by atoms with Gasteiger partial charge in [0.25, 0.3) is 0 Å². The van der Waals surface area contributed by atoms with Crippen LogP contribution in [-0.4, -0.2) is 0 Å². The SMILES string of the molecule is c1ccc(-c2ccc(N(c3cccc(C4(c5ccccc5)c5ccccc5-c5ccccc54)c3)c3cc4ccccc4c4oc5ccccc5c34)c3ccccc23)cc1. The van der Waals surface area contributed by atoms with Gasteiger partial charge in [0.15, 0.2) is 0 Å². The molecular weight excluding hydrogens is 715 g/mol. The third-order valence-electron chi connectivity index (χ3n) is 12.5. The largest absolute Gasteiger partial charge is 0.455 e. The van der Waals surface area contributed by atoms with Crippen molar-refractivity contribution >= 4 is 60.5 Å². The Labute approximate surface area is 342 Å². The fourth-order valence-corrected chi connectivity index (χ4v) is 10.1. The van der Waals surface area contributed by atoms with Gasteiger partial charge in [-0.15, -0.1) is 0 Å². The van der Waals surface area contributed by atoms with E-state index in [9.17, 15) is 0 Å². The van der Waals surface area contributed by atoms with Crippen LogP contribution in [0.2, 0.25) is 0 Å². The van der Waals surface area contributed by atoms with E-state index in [-0.39, 0.29) is 0 Å². The van der Waals surface area contributed by atoms with Crippen LogP contribution in [0.25, 0.3) is 65.7 Å². The van der Waals surface area contributed by atoms with Gasteiger partial charge in [-0.05, 0) is 85.6 Å². The number of anilines is 3. The second kappa shape index (κ2) is 13.2. The standard InChI is InChI=1S/C57H37NO/c1-3-18-38(19-4-1)43-34-35-52(48-29-10-9-26-45(43)48)58(53-36-39-20-7-8-25-44(39)56-55(53)49-30-13-16-33-54(49)59-56)42-24-17-23-41(37-42)57(40-21-5-2-6-22-40)50-31-14-11-27-46(50)47-28-12-15-32-51(47)57/h1-37H. The Morgan fingerprint density at radius 2 is 0.966 bits per heavy atom. The van der Waals surface area contributed by atoms with Crippen LogP contribution in [0.1, 0.15) is 22.3 Å². The fourth-order valence-electron chi connectivity index (χ4n) is 10.1. The molecule has 0 bridgehead atoms. The molecule has 2 nitrogen and oxygen atoms in total. The van der Waals surface area contributed by atoms with E-state index in [0.717, 1.165) is 49.8 Å². The summed E-state index contributed by atoms with van der Waals surface area (Å²) in [5.41, 5.74) is 14.5. The first-order valence-corrected chi connectivity index (χ1v) is 20.3. The summed E-state index contributed by atoms with van der Waals surface area (Å²) >= 11 is 0. The third kappa shape index (κ3) is 4.93. The average molecular weight is 752 g/mol. The molecule has 0 atom stereocenters. The molecule has 1 aromatic heterocycles. The van der Waals surface area contributed by atoms with Crippen molar-refractivity contribution in [2.75, 3.05) is 4.90 Å². The van der Waals surface area contributed by atoms with Crippen LogP contribution in [0.5, 0.6) is 0 Å². The van der Waals surface area contributed by atoms with Gasteiger partial charge in [0.1, 0.15) is 11.2 Å². The Bertz CT molecular complexity index is 3350. The van der Waals surface area contributed by atoms with E-state index < -0.39 is 5.41 Å². The number of rotatable bonds is 6. The number of para-hydroxylation sites is 1. The molecular formula is C57H37NO. The van der Waals surface area contributed by atoms with E-state index >= 15 is 0 Å². The maximum absolute atomic E-state index is 6.82. The van der Waals surface area contributed by atoms with E-state index in [0.29, 0.717) is 0 Å². The number of furan rings is 1. The molecule has 0 fully saturated rings. The molecule has 0 spiro atoms. The Morgan fingerprint density at radius 3 is 1.73 bits per heavy atom. The van der Waals surface area contributed by atoms with Gasteiger partial charge in [-0.1, -0.05) is 194 Å². The Hall–Kier alpha value is -7.68. The molecule has 0 saturated carbocycles. The number of hydrogen-bond acceptors (Lipinski definition) is 2. The lowest BCUT2D eigenvalue weighted by Crippen LogP contribution is -2.28. The highest BCUT2D eigenvalue weighted by Gasteiger charge is 2.46. The van der Waals surface area contributed by atoms with Crippen LogP contribution in [0, 0.1) is 0 Å². The van der Waals surface area contributed by atoms with Crippen LogP contribution >= 0.6 is 0 Å². The summed E-state index contributed by atoms with van der Waals surface area (Å²) in [6.07, 6.45) is 0. The molecule has 0 N–H and O–H groups in total. The molecule has 1 heterocycles. The molecule has 12 rings (SSSR count). The van der Waals surface area contributed by atoms with Crippen LogP contribution in [-0.2, 0) is 5.41 Å². The lowest BCUT2D eigenvalue weighted by Gasteiger charge is -2.35. The highest BCUT2D eigenvalue weighted by Crippen LogP contribution is 2.57. The van der Waals surface area contributed by atoms with Crippen LogP contribution in [0.3, 0.4) is 0 Å². The van der Waals surface area contributed by atoms with Crippen molar-refractivity contribution in [2.45, 2.75) is 5.41 Å². The molecule has 0 amide bonds. The fraction of sp³-hybridized carbons (Fsp3) is 0.0175. The van der Waals surface area contributed by atoms with Gasteiger partial charge >= 0.3 is 0 Å². The van der Waals surface area contributed by atoms with Gasteiger partial charge in [-0.3, -0.25) is 0 Å². The minimum Gasteiger partial charge on any atom is -0.455 e. The molecule has 59 heavy (non-hydrogen) atoms. The Morgan fingerprint density at radius 1 is 0.373 bits per heavy atom. The van der Waals surface area contributed by atoms with E-state index in [2.05, 4.69) is 229 Å². The van der Waals surface area contributed by atoms with Gasteiger partial charge < -0.3 is 9.32 Å². The van der Waals surface area contributed by atoms with Crippen LogP contribution in [0.4, 0.5) is 17.1 Å². The van der Waals surface area contributed by atoms with Crippen molar-refractivity contribution in [3.05, 3.63) is 247 Å². The van der Waals surface area contributed by atoms with Crippen molar-refractivity contribution in [3.8, 4) is 22.3 Å². The van der Waals surface area contributed by atoms with Crippen molar-refractivity contribution in [2.24, 2.45) is 0 Å². The van der Waals surface area contributed by atoms with E-state index in [1.54, 1.807) is 0 Å². The Balaban J connectivity index is 1.20. The Kier molecular flexibility index (Phi) is 7.48. The average Bonchev–Trinajstić information content (AvgIpc) is 3.85. The molecule has 0 saturated heterocycles. The number of hydrogen-bond donors (Lipinski definition) is 0. The minimum absolute atomic E-state index is 0.545. The molecule has 11 aromatic rings. The molecule has 276 valence electrons. The first-order valence-electron chi connectivity index (χ1n) is 20.3. The summed E-state index contributed by atoms with van der Waals surface area (Å²) in [6.45, 7) is 0. The maximum Gasteiger partial charge on any atom is 0.145 e. The zero-order valence-corrected chi connectivity index (χ0v) is 32.2. The number of nitrogens with zero attached hydrogens (tertiary/aromatic N) is 1. The van der Waals surface area contributed by atoms with Crippen molar-refractivity contribution < 1.29 is 4.42 Å². The normalized spacial score (nSPS) is 12.9. The zero-order chi connectivity index (χ0) is 38.9. The molecule has 10 aromatic carbocycles. The highest BCUT2D eigenvalue weighted by molar-refractivity contribution is 6.22. The molecule has 0 radical (unpaired) electrons. The predicted octanol–water partition coefficient (Wildman–Crippen LogP) is 15.4. The molecule has 0 unspecified atom stereocenters. The van der Waals surface area contributed by atoms with Gasteiger partial charge in [0.2, 0.25) is 0 Å². The van der Waals surface area contributed by atoms with Crippen LogP contribution < -0.4 is 4.90 Å². The summed E-state index contributed by atoms with van der Waals surface area (Å²) in [5.74, 6) is 0. The summed E-state index contributed by atoms with van der Waals surface area (Å²) in [7, 11) is 0. The van der Waals surface area contributed by atoms with Crippen molar-refractivity contribution in [3.63, 3.8) is 0 Å². The summed E-state index contributed by atoms with van der Waals surface area (Å²) in [5, 5.41) is 6.78. The van der Waals surface area contributed by atoms with Crippen LogP contribution in [0.15, 0.2) is 229 Å². The summed E-state index contributed by atoms with van der Waals surface area (Å²) < 4.78 is 6.82. The zero-order valence-electron chi connectivity index (χ0n) is 32.2. The van der Waals surface area contributed by atoms with Crippen molar-refractivity contribution in [1.29, 1.82) is 0 Å². The topological polar surface area (TPSA) is 16.4 Å². The lowest BCUT2D eigenvalue weighted by atomic mass is 9.67. The quantitative estimate of drug-likeness (QED) is 0.168. The van der Waals surface area contributed by atoms with E-state index in [4.69, 9.17) is 4.42 Å². The van der Waals surface area contributed by atoms with E-state index in [1.807, 2.05) is 0 Å². The summed E-state index contributed by atoms with van der Waals surface area (Å²) in [4.78, 5) is 2.49. The van der Waals surface area contributed by atoms with Gasteiger partial charge in [0, 0.05) is 21.8 Å². The predicted molar refractivity (Wildman–Crippen MR) is 246 cm³/mol. The monoisotopic (exact) mass is 751 g/mol. The second-order valence-corrected chi connectivity index (χ2v) is 15.6. The van der Waals surface area contributed by atoms with E-state index in [1.165, 1.54) is 55.3 Å². The van der Waals surface area contributed by atoms with Crippen molar-refractivity contribution in [1.82, 2.24) is 0 Å². The second-order valence-electron chi connectivity index (χ2n) is 15.6. The highest BCUT2D eigenvalue weighted by atomic mass is 16.3. The summed E-state index contributed by atoms with van der Waals surface area (Å²) in [6, 6.07) is 81.9. The maximum atomic E-state index is 6.82. The molecule has 1 aliphatic carbocycles. The number of benzene rings is 10. The van der Waals surface area contributed by atoms with Gasteiger partial charge in [-0.2, -0.15) is 0 Å². The minimum atomic E-state index is -0.545. The first kappa shape index (κ1) is 33.5. The third-order valence-corrected chi connectivity index (χ3v) is 12.5. The lowest BCUT2D eigenvalue weighted by molar-refractivity contribution is 0.672. The molecule has 0 aliphatic heterocycles. The van der Waals surface area contributed by atoms with Gasteiger partial charge in [-0.25, -0.2) is 0 Å². The van der Waals surface area contributed by atoms with Gasteiger partial charge in [0.05, 0.1) is 22.2 Å². The smallest absolute Gasteiger partial charge is 0.145 e.